The molecule has 6 heteroatoms. The maximum absolute atomic E-state index is 5.40. The summed E-state index contributed by atoms with van der Waals surface area (Å²) in [5, 5.41) is 3.30. The predicted molar refractivity (Wildman–Crippen MR) is 90.7 cm³/mol. The van der Waals surface area contributed by atoms with Crippen molar-refractivity contribution in [3.8, 4) is 11.5 Å². The summed E-state index contributed by atoms with van der Waals surface area (Å²) in [5.74, 6) is 3.06. The van der Waals surface area contributed by atoms with Gasteiger partial charge in [-0.15, -0.1) is 0 Å². The Kier molecular flexibility index (Phi) is 4.80. The lowest BCUT2D eigenvalue weighted by Crippen LogP contribution is -2.26. The molecule has 1 aromatic heterocycles. The normalized spacial score (nSPS) is 12.3. The lowest BCUT2D eigenvalue weighted by atomic mass is 10.3. The van der Waals surface area contributed by atoms with Crippen LogP contribution >= 0.6 is 0 Å². The highest BCUT2D eigenvalue weighted by Gasteiger charge is 2.14. The van der Waals surface area contributed by atoms with E-state index in [-0.39, 0.29) is 6.79 Å². The Morgan fingerprint density at radius 3 is 2.65 bits per heavy atom. The second kappa shape index (κ2) is 7.17. The Morgan fingerprint density at radius 1 is 1.09 bits per heavy atom. The molecule has 0 aliphatic carbocycles. The zero-order valence-electron chi connectivity index (χ0n) is 13.6. The third-order valence-electron chi connectivity index (χ3n) is 3.56. The Bertz CT molecular complexity index is 657. The van der Waals surface area contributed by atoms with E-state index in [4.69, 9.17) is 9.47 Å². The molecule has 0 spiro atoms. The van der Waals surface area contributed by atoms with Crippen LogP contribution in [0.5, 0.6) is 11.5 Å². The van der Waals surface area contributed by atoms with Gasteiger partial charge >= 0.3 is 0 Å². The summed E-state index contributed by atoms with van der Waals surface area (Å²) in [4.78, 5) is 11.3. The third kappa shape index (κ3) is 3.64. The number of aromatic nitrogens is 2. The first-order valence-electron chi connectivity index (χ1n) is 8.04. The van der Waals surface area contributed by atoms with Crippen LogP contribution < -0.4 is 19.7 Å². The molecule has 0 saturated carbocycles. The number of benzene rings is 1. The highest BCUT2D eigenvalue weighted by molar-refractivity contribution is 5.62. The van der Waals surface area contributed by atoms with Crippen molar-refractivity contribution in [1.82, 2.24) is 9.97 Å². The number of hydrogen-bond acceptors (Lipinski definition) is 6. The second-order valence-electron chi connectivity index (χ2n) is 5.42. The molecule has 23 heavy (non-hydrogen) atoms. The average molecular weight is 314 g/mol. The Hall–Kier alpha value is -2.50. The van der Waals surface area contributed by atoms with E-state index in [2.05, 4.69) is 34.0 Å². The fraction of sp³-hybridized carbons (Fsp3) is 0.412. The molecule has 0 radical (unpaired) electrons. The molecule has 1 aliphatic heterocycles. The first-order valence-corrected chi connectivity index (χ1v) is 8.04. The molecular formula is C17H22N4O2. The monoisotopic (exact) mass is 314 g/mol. The van der Waals surface area contributed by atoms with Crippen LogP contribution in [-0.4, -0.2) is 29.9 Å². The average Bonchev–Trinajstić information content (AvgIpc) is 3.03. The van der Waals surface area contributed by atoms with Crippen molar-refractivity contribution in [3.05, 3.63) is 30.5 Å². The van der Waals surface area contributed by atoms with Gasteiger partial charge in [-0.3, -0.25) is 0 Å². The predicted octanol–water partition coefficient (Wildman–Crippen LogP) is 3.58. The molecule has 0 bridgehead atoms. The Balaban J connectivity index is 1.76. The van der Waals surface area contributed by atoms with Gasteiger partial charge in [-0.1, -0.05) is 13.8 Å². The molecule has 0 fully saturated rings. The lowest BCUT2D eigenvalue weighted by Gasteiger charge is -2.21. The molecule has 0 atom stereocenters. The van der Waals surface area contributed by atoms with E-state index in [1.165, 1.54) is 0 Å². The van der Waals surface area contributed by atoms with E-state index >= 15 is 0 Å². The quantitative estimate of drug-likeness (QED) is 0.843. The van der Waals surface area contributed by atoms with Crippen molar-refractivity contribution in [2.75, 3.05) is 30.1 Å². The van der Waals surface area contributed by atoms with Crippen molar-refractivity contribution in [2.45, 2.75) is 26.7 Å². The number of nitrogens with zero attached hydrogens (tertiary/aromatic N) is 3. The summed E-state index contributed by atoms with van der Waals surface area (Å²) in [7, 11) is 0. The molecule has 1 aromatic carbocycles. The van der Waals surface area contributed by atoms with Gasteiger partial charge in [0.15, 0.2) is 11.5 Å². The molecule has 122 valence electrons. The fourth-order valence-corrected chi connectivity index (χ4v) is 2.54. The van der Waals surface area contributed by atoms with E-state index in [1.807, 2.05) is 24.3 Å². The number of anilines is 3. The van der Waals surface area contributed by atoms with E-state index in [0.29, 0.717) is 0 Å². The molecule has 1 aliphatic rings. The molecule has 0 unspecified atom stereocenters. The van der Waals surface area contributed by atoms with Gasteiger partial charge in [0.2, 0.25) is 12.7 Å². The van der Waals surface area contributed by atoms with E-state index < -0.39 is 0 Å². The summed E-state index contributed by atoms with van der Waals surface area (Å²) < 4.78 is 10.7. The minimum atomic E-state index is 0.277. The molecule has 6 nitrogen and oxygen atoms in total. The van der Waals surface area contributed by atoms with Crippen LogP contribution in [0, 0.1) is 0 Å². The van der Waals surface area contributed by atoms with Crippen LogP contribution in [0.4, 0.5) is 17.5 Å². The topological polar surface area (TPSA) is 59.5 Å². The smallest absolute Gasteiger partial charge is 0.231 e. The highest BCUT2D eigenvalue weighted by Crippen LogP contribution is 2.34. The minimum Gasteiger partial charge on any atom is -0.454 e. The van der Waals surface area contributed by atoms with Crippen molar-refractivity contribution >= 4 is 17.5 Å². The zero-order chi connectivity index (χ0) is 16.1. The number of hydrogen-bond donors (Lipinski definition) is 1. The first kappa shape index (κ1) is 15.4. The van der Waals surface area contributed by atoms with Crippen LogP contribution in [0.25, 0.3) is 0 Å². The maximum Gasteiger partial charge on any atom is 0.231 e. The molecule has 0 amide bonds. The van der Waals surface area contributed by atoms with Crippen molar-refractivity contribution in [1.29, 1.82) is 0 Å². The van der Waals surface area contributed by atoms with E-state index in [1.54, 1.807) is 6.20 Å². The molecule has 3 rings (SSSR count). The summed E-state index contributed by atoms with van der Waals surface area (Å²) >= 11 is 0. The van der Waals surface area contributed by atoms with Gasteiger partial charge in [0.1, 0.15) is 5.82 Å². The van der Waals surface area contributed by atoms with Crippen LogP contribution in [0.3, 0.4) is 0 Å². The van der Waals surface area contributed by atoms with Crippen LogP contribution in [0.1, 0.15) is 26.7 Å². The van der Waals surface area contributed by atoms with Crippen molar-refractivity contribution in [3.63, 3.8) is 0 Å². The van der Waals surface area contributed by atoms with Crippen LogP contribution in [0.15, 0.2) is 30.5 Å². The molecule has 2 heterocycles. The van der Waals surface area contributed by atoms with E-state index in [0.717, 1.165) is 54.9 Å². The van der Waals surface area contributed by atoms with Gasteiger partial charge in [-0.25, -0.2) is 4.98 Å². The van der Waals surface area contributed by atoms with Crippen LogP contribution in [-0.2, 0) is 0 Å². The fourth-order valence-electron chi connectivity index (χ4n) is 2.54. The standard InChI is InChI=1S/C17H22N4O2/c1-3-9-21(10-4-2)17-18-8-7-16(20-17)19-13-5-6-14-15(11-13)23-12-22-14/h5-8,11H,3-4,9-10,12H2,1-2H3,(H,18,19,20). The molecule has 1 N–H and O–H groups in total. The number of nitrogens with one attached hydrogen (secondary N) is 1. The van der Waals surface area contributed by atoms with E-state index in [9.17, 15) is 0 Å². The summed E-state index contributed by atoms with van der Waals surface area (Å²) in [5.41, 5.74) is 0.913. The molecule has 2 aromatic rings. The Morgan fingerprint density at radius 2 is 1.87 bits per heavy atom. The number of ether oxygens (including phenoxy) is 2. The van der Waals surface area contributed by atoms with Crippen LogP contribution in [0.2, 0.25) is 0 Å². The van der Waals surface area contributed by atoms with Gasteiger partial charge < -0.3 is 19.7 Å². The minimum absolute atomic E-state index is 0.277. The summed E-state index contributed by atoms with van der Waals surface area (Å²) in [6.07, 6.45) is 3.93. The van der Waals surface area contributed by atoms with Gasteiger partial charge in [-0.2, -0.15) is 4.98 Å². The maximum atomic E-state index is 5.40. The SMILES string of the molecule is CCCN(CCC)c1nccc(Nc2ccc3c(c2)OCO3)n1. The second-order valence-corrected chi connectivity index (χ2v) is 5.42. The van der Waals surface area contributed by atoms with Gasteiger partial charge in [0.25, 0.3) is 0 Å². The van der Waals surface area contributed by atoms with Gasteiger partial charge in [-0.05, 0) is 31.0 Å². The van der Waals surface area contributed by atoms with Gasteiger partial charge in [0.05, 0.1) is 0 Å². The molecule has 0 saturated heterocycles. The van der Waals surface area contributed by atoms with Gasteiger partial charge in [0, 0.05) is 31.0 Å². The highest BCUT2D eigenvalue weighted by atomic mass is 16.7. The van der Waals surface area contributed by atoms with Crippen molar-refractivity contribution < 1.29 is 9.47 Å². The van der Waals surface area contributed by atoms with Crippen molar-refractivity contribution in [2.24, 2.45) is 0 Å². The third-order valence-corrected chi connectivity index (χ3v) is 3.56. The first-order chi connectivity index (χ1) is 11.3. The lowest BCUT2D eigenvalue weighted by molar-refractivity contribution is 0.174. The molecular weight excluding hydrogens is 292 g/mol. The summed E-state index contributed by atoms with van der Waals surface area (Å²) in [6.45, 7) is 6.52. The summed E-state index contributed by atoms with van der Waals surface area (Å²) in [6, 6.07) is 7.63. The Labute approximate surface area is 136 Å². The number of rotatable bonds is 7. The zero-order valence-corrected chi connectivity index (χ0v) is 13.6. The number of fused-ring (bicyclic) bond motifs is 1. The largest absolute Gasteiger partial charge is 0.454 e.